The molecule has 1 aromatic heterocycles. The third-order valence-electron chi connectivity index (χ3n) is 18.8. The van der Waals surface area contributed by atoms with Crippen LogP contribution in [-0.4, -0.2) is 163 Å². The number of carbonyl (C=O) groups is 8. The molecule has 30 heteroatoms. The Morgan fingerprint density at radius 1 is 0.806 bits per heavy atom. The lowest BCUT2D eigenvalue weighted by Crippen LogP contribution is -2.58. The van der Waals surface area contributed by atoms with E-state index in [0.717, 1.165) is 56.1 Å². The Bertz CT molecular complexity index is 4050. The second kappa shape index (κ2) is 37.5. The van der Waals surface area contributed by atoms with E-state index in [1.165, 1.54) is 48.8 Å². The number of rotatable bonds is 36. The van der Waals surface area contributed by atoms with Gasteiger partial charge in [-0.3, -0.25) is 56.9 Å². The lowest BCUT2D eigenvalue weighted by atomic mass is 9.85. The first kappa shape index (κ1) is 85.4. The van der Waals surface area contributed by atoms with Crippen LogP contribution in [0.5, 0.6) is 0 Å². The Hall–Kier alpha value is -8.22. The highest BCUT2D eigenvalue weighted by Crippen LogP contribution is 2.67. The van der Waals surface area contributed by atoms with Gasteiger partial charge in [0.15, 0.2) is 13.1 Å². The molecule has 3 aliphatic rings. The fraction of sp³-hybridized carbons (Fsp3) is 0.526. The highest BCUT2D eigenvalue weighted by atomic mass is 32.1. The number of nitrogens with two attached hydrogens (primary N) is 1. The number of benzene rings is 4. The number of halogens is 2. The number of aromatic nitrogens is 1. The first-order valence-corrected chi connectivity index (χ1v) is 38.5. The SMILES string of the molecule is C/C(=C\C(=O)N[C@H]1CCc2cccc3c2N(C1=O)[C@H](C(=O)N[C@@H](CCC(N)=O)[C@@H](C)OCc1ccc(CCCOCCOCC(=O)N[C@H](C(=O)N2C[C@H](O)C[C@H]2C(=O)NCc2ccc(-c4scnc4C)cc2)C(C)(C)C)cc1)C3)c1ccc(C(F)(F)P(=O)(OCOC(=O)C(C)(C)C)OCOC(O)C(C)(C)C)cc1. The number of aryl methyl sites for hydroxylation is 3. The standard InChI is InChI=1S/C78H103F2N8O18PS/c1-47(53-26-29-57(30-27-53)78(79,80)107(99,105-45-103-73(97)76(7,8)9)106-46-104-74(98)77(10,11)12)37-64(91)84-60-31-28-54-16-13-17-56-38-62(88(66(54)56)71(60)95)70(94)85-59(32-33-63(81)90)49(3)102-42-52-20-18-50(19-21-52)15-14-34-100-35-36-101-43-65(92)86-68(75(4,5)6)72(96)87-41-58(89)39-61(87)69(93)82-40-51-22-24-55(25-23-51)67-48(2)83-44-108-67/h13,16-27,29-30,37,44,49,58-62,68,73,89,97H,14-15,28,31-36,38-43,45-46H2,1-12H3,(H2,81,90)(H,82,93)(H,84,91)(H,85,94)(H,86,92)/b47-37+/t49-,58-,59+,60+,61+,62+,68-,73?,107?/m1/s1. The van der Waals surface area contributed by atoms with Crippen LogP contribution in [0.1, 0.15) is 153 Å². The number of amides is 7. The van der Waals surface area contributed by atoms with Crippen LogP contribution in [0.25, 0.3) is 16.0 Å². The Morgan fingerprint density at radius 2 is 1.46 bits per heavy atom. The van der Waals surface area contributed by atoms with E-state index in [0.29, 0.717) is 42.7 Å². The Balaban J connectivity index is 0.780. The minimum atomic E-state index is -5.58. The van der Waals surface area contributed by atoms with E-state index in [-0.39, 0.29) is 71.6 Å². The predicted octanol–water partition coefficient (Wildman–Crippen LogP) is 9.20. The van der Waals surface area contributed by atoms with Crippen LogP contribution in [0.4, 0.5) is 14.5 Å². The number of para-hydroxylation sites is 1. The summed E-state index contributed by atoms with van der Waals surface area (Å²) in [5.41, 5.74) is 6.97. The molecule has 8 N–H and O–H groups in total. The zero-order valence-electron chi connectivity index (χ0n) is 63.4. The Kier molecular flexibility index (Phi) is 29.6. The Morgan fingerprint density at radius 3 is 2.11 bits per heavy atom. The molecule has 8 rings (SSSR count). The van der Waals surface area contributed by atoms with E-state index in [1.54, 1.807) is 72.2 Å². The monoisotopic (exact) mass is 1540 g/mol. The van der Waals surface area contributed by atoms with Crippen molar-refractivity contribution in [2.45, 2.75) is 202 Å². The maximum atomic E-state index is 16.3. The first-order valence-electron chi connectivity index (χ1n) is 36.1. The van der Waals surface area contributed by atoms with Crippen molar-refractivity contribution in [1.29, 1.82) is 0 Å². The second-order valence-electron chi connectivity index (χ2n) is 30.6. The van der Waals surface area contributed by atoms with Crippen molar-refractivity contribution in [2.24, 2.45) is 22.0 Å². The topological polar surface area (TPSA) is 352 Å². The molecule has 108 heavy (non-hydrogen) atoms. The molecule has 1 fully saturated rings. The summed E-state index contributed by atoms with van der Waals surface area (Å²) >= 11 is 1.55. The molecule has 5 aromatic rings. The van der Waals surface area contributed by atoms with E-state index in [2.05, 4.69) is 26.3 Å². The summed E-state index contributed by atoms with van der Waals surface area (Å²) in [5.74, 6) is -4.57. The van der Waals surface area contributed by atoms with Gasteiger partial charge in [-0.05, 0) is 124 Å². The molecule has 26 nitrogen and oxygen atoms in total. The highest BCUT2D eigenvalue weighted by molar-refractivity contribution is 7.54. The van der Waals surface area contributed by atoms with Crippen LogP contribution in [0.3, 0.4) is 0 Å². The molecule has 0 saturated carbocycles. The largest absolute Gasteiger partial charge is 0.438 e. The van der Waals surface area contributed by atoms with Crippen LogP contribution in [-0.2, 0) is 114 Å². The van der Waals surface area contributed by atoms with Crippen molar-refractivity contribution in [3.8, 4) is 10.4 Å². The smallest absolute Gasteiger partial charge is 0.409 e. The number of hydrogen-bond acceptors (Lipinski definition) is 20. The van der Waals surface area contributed by atoms with Crippen LogP contribution in [0.15, 0.2) is 103 Å². The summed E-state index contributed by atoms with van der Waals surface area (Å²) < 4.78 is 84.5. The zero-order chi connectivity index (χ0) is 79.1. The van der Waals surface area contributed by atoms with Crippen molar-refractivity contribution >= 4 is 77.5 Å². The lowest BCUT2D eigenvalue weighted by Gasteiger charge is -2.35. The van der Waals surface area contributed by atoms with Crippen LogP contribution in [0.2, 0.25) is 0 Å². The quantitative estimate of drug-likeness (QED) is 0.00645. The number of primary amides is 1. The molecule has 4 aromatic carbocycles. The number of esters is 1. The number of thiazole rings is 1. The summed E-state index contributed by atoms with van der Waals surface area (Å²) in [4.78, 5) is 117. The average Bonchev–Trinajstić information content (AvgIpc) is 1.58. The molecule has 3 aliphatic heterocycles. The number of allylic oxidation sites excluding steroid dienone is 1. The van der Waals surface area contributed by atoms with Crippen molar-refractivity contribution in [3.63, 3.8) is 0 Å². The van der Waals surface area contributed by atoms with Crippen molar-refractivity contribution in [1.82, 2.24) is 31.2 Å². The predicted molar refractivity (Wildman–Crippen MR) is 400 cm³/mol. The van der Waals surface area contributed by atoms with Gasteiger partial charge in [0.1, 0.15) is 30.8 Å². The third-order valence-corrected chi connectivity index (χ3v) is 21.6. The molecule has 2 unspecified atom stereocenters. The summed E-state index contributed by atoms with van der Waals surface area (Å²) in [7, 11) is -5.58. The number of alkyl halides is 2. The van der Waals surface area contributed by atoms with Crippen LogP contribution < -0.4 is 31.9 Å². The number of hydrogen-bond donors (Lipinski definition) is 7. The molecule has 4 heterocycles. The number of aliphatic hydroxyl groups excluding tert-OH is 2. The van der Waals surface area contributed by atoms with Gasteiger partial charge in [0.2, 0.25) is 48.1 Å². The number of nitrogens with one attached hydrogen (secondary N) is 4. The van der Waals surface area contributed by atoms with Gasteiger partial charge in [0.25, 0.3) is 0 Å². The van der Waals surface area contributed by atoms with Gasteiger partial charge in [0, 0.05) is 56.0 Å². The molecule has 588 valence electrons. The number of anilines is 1. The zero-order valence-corrected chi connectivity index (χ0v) is 65.1. The third kappa shape index (κ3) is 22.9. The summed E-state index contributed by atoms with van der Waals surface area (Å²) in [6.45, 7) is 18.6. The fourth-order valence-corrected chi connectivity index (χ4v) is 14.5. The maximum absolute atomic E-state index is 16.3. The van der Waals surface area contributed by atoms with Gasteiger partial charge in [0.05, 0.1) is 65.3 Å². The molecular formula is C78H103F2N8O18PS. The van der Waals surface area contributed by atoms with Crippen molar-refractivity contribution in [3.05, 3.63) is 147 Å². The van der Waals surface area contributed by atoms with E-state index < -0.39 is 145 Å². The van der Waals surface area contributed by atoms with E-state index in [4.69, 9.17) is 38.5 Å². The number of carbonyl (C=O) groups excluding carboxylic acids is 8. The molecule has 7 amide bonds. The van der Waals surface area contributed by atoms with Gasteiger partial charge in [-0.25, -0.2) is 4.98 Å². The maximum Gasteiger partial charge on any atom is 0.409 e. The molecule has 9 atom stereocenters. The van der Waals surface area contributed by atoms with Gasteiger partial charge in [-0.15, -0.1) is 11.3 Å². The van der Waals surface area contributed by atoms with Gasteiger partial charge in [-0.2, -0.15) is 8.78 Å². The normalized spacial score (nSPS) is 18.6. The highest BCUT2D eigenvalue weighted by Gasteiger charge is 2.56. The van der Waals surface area contributed by atoms with E-state index in [9.17, 15) is 53.1 Å². The second-order valence-corrected chi connectivity index (χ2v) is 33.6. The molecule has 1 saturated heterocycles. The lowest BCUT2D eigenvalue weighted by molar-refractivity contribution is -0.195. The van der Waals surface area contributed by atoms with E-state index in [1.807, 2.05) is 73.7 Å². The first-order chi connectivity index (χ1) is 50.8. The number of ether oxygens (including phenoxy) is 5. The molecule has 0 bridgehead atoms. The number of nitrogens with zero attached hydrogens (tertiary/aromatic N) is 3. The summed E-state index contributed by atoms with van der Waals surface area (Å²) in [5, 5.41) is 32.5. The van der Waals surface area contributed by atoms with Crippen LogP contribution >= 0.6 is 18.9 Å². The minimum Gasteiger partial charge on any atom is -0.438 e. The fourth-order valence-electron chi connectivity index (χ4n) is 12.4. The number of likely N-dealkylation sites (tertiary alicyclic amines) is 1. The Labute approximate surface area is 633 Å². The van der Waals surface area contributed by atoms with Crippen molar-refractivity contribution < 1.29 is 94.6 Å². The summed E-state index contributed by atoms with van der Waals surface area (Å²) in [6, 6.07) is 20.7. The van der Waals surface area contributed by atoms with Gasteiger partial charge in [-0.1, -0.05) is 133 Å². The van der Waals surface area contributed by atoms with Gasteiger partial charge < -0.3 is 65.8 Å². The molecule has 0 spiro atoms. The van der Waals surface area contributed by atoms with E-state index >= 15 is 8.78 Å². The number of aliphatic hydroxyl groups is 2. The molecule has 0 aliphatic carbocycles. The summed E-state index contributed by atoms with van der Waals surface area (Å²) in [6.07, 6.45) is 0.303. The average molecular weight is 1540 g/mol. The van der Waals surface area contributed by atoms with Crippen molar-refractivity contribution in [2.75, 3.05) is 51.5 Å². The number of β-amino-alcohol motifs (C(OH)–C–C–N with tert-alkyl or cyclic N) is 1. The van der Waals surface area contributed by atoms with Crippen LogP contribution in [0, 0.1) is 23.2 Å². The van der Waals surface area contributed by atoms with Gasteiger partial charge >= 0.3 is 19.2 Å². The molecule has 0 radical (unpaired) electrons. The molecular weight excluding hydrogens is 1440 g/mol. The minimum absolute atomic E-state index is 0.0570.